The van der Waals surface area contributed by atoms with Crippen LogP contribution in [0.25, 0.3) is 0 Å². The third kappa shape index (κ3) is 4.96. The Morgan fingerprint density at radius 2 is 1.73 bits per heavy atom. The first-order chi connectivity index (χ1) is 7.26. The van der Waals surface area contributed by atoms with Crippen LogP contribution in [0.5, 0.6) is 0 Å². The molecule has 1 saturated carbocycles. The van der Waals surface area contributed by atoms with Crippen molar-refractivity contribution < 1.29 is 9.47 Å². The average Bonchev–Trinajstić information content (AvgIpc) is 2.27. The zero-order chi connectivity index (χ0) is 11.1. The van der Waals surface area contributed by atoms with Gasteiger partial charge in [0.05, 0.1) is 0 Å². The fraction of sp³-hybridized carbons (Fsp3) is 1.00. The maximum atomic E-state index is 5.20. The monoisotopic (exact) mass is 215 g/mol. The van der Waals surface area contributed by atoms with Crippen LogP contribution < -0.4 is 0 Å². The first-order valence-corrected chi connectivity index (χ1v) is 6.00. The first-order valence-electron chi connectivity index (χ1n) is 6.00. The standard InChI is InChI=1S/C12H25NO2/c1-13(10-12(14-2)15-3)9-11-7-5-4-6-8-11/h11-12H,4-10H2,1-3H3. The number of ether oxygens (including phenoxy) is 2. The Kier molecular flexibility index (Phi) is 6.22. The fourth-order valence-electron chi connectivity index (χ4n) is 2.38. The molecule has 0 spiro atoms. The SMILES string of the molecule is COC(CN(C)CC1CCCCC1)OC. The summed E-state index contributed by atoms with van der Waals surface area (Å²) in [6, 6.07) is 0. The zero-order valence-electron chi connectivity index (χ0n) is 10.4. The van der Waals surface area contributed by atoms with E-state index in [1.807, 2.05) is 0 Å². The third-order valence-corrected chi connectivity index (χ3v) is 3.28. The van der Waals surface area contributed by atoms with Crippen molar-refractivity contribution in [3.8, 4) is 0 Å². The van der Waals surface area contributed by atoms with Crippen molar-refractivity contribution in [2.75, 3.05) is 34.4 Å². The molecule has 0 unspecified atom stereocenters. The molecule has 0 N–H and O–H groups in total. The summed E-state index contributed by atoms with van der Waals surface area (Å²) in [7, 11) is 5.55. The lowest BCUT2D eigenvalue weighted by Crippen LogP contribution is -2.35. The van der Waals surface area contributed by atoms with Crippen LogP contribution in [0.4, 0.5) is 0 Å². The summed E-state index contributed by atoms with van der Waals surface area (Å²) in [5.41, 5.74) is 0. The van der Waals surface area contributed by atoms with E-state index in [0.29, 0.717) is 0 Å². The summed E-state index contributed by atoms with van der Waals surface area (Å²) in [5.74, 6) is 0.887. The summed E-state index contributed by atoms with van der Waals surface area (Å²) >= 11 is 0. The summed E-state index contributed by atoms with van der Waals surface area (Å²) in [6.45, 7) is 2.05. The van der Waals surface area contributed by atoms with Crippen LogP contribution in [0.3, 0.4) is 0 Å². The van der Waals surface area contributed by atoms with Gasteiger partial charge in [0.25, 0.3) is 0 Å². The minimum atomic E-state index is -0.0846. The van der Waals surface area contributed by atoms with Crippen molar-refractivity contribution >= 4 is 0 Å². The lowest BCUT2D eigenvalue weighted by Gasteiger charge is -2.28. The molecule has 0 atom stereocenters. The smallest absolute Gasteiger partial charge is 0.169 e. The lowest BCUT2D eigenvalue weighted by molar-refractivity contribution is -0.114. The predicted molar refractivity (Wildman–Crippen MR) is 61.9 cm³/mol. The van der Waals surface area contributed by atoms with Gasteiger partial charge >= 0.3 is 0 Å². The Morgan fingerprint density at radius 1 is 1.13 bits per heavy atom. The molecule has 1 fully saturated rings. The maximum absolute atomic E-state index is 5.20. The Hall–Kier alpha value is -0.120. The topological polar surface area (TPSA) is 21.7 Å². The fourth-order valence-corrected chi connectivity index (χ4v) is 2.38. The van der Waals surface area contributed by atoms with Crippen molar-refractivity contribution in [3.63, 3.8) is 0 Å². The van der Waals surface area contributed by atoms with Crippen LogP contribution >= 0.6 is 0 Å². The summed E-state index contributed by atoms with van der Waals surface area (Å²) in [4.78, 5) is 2.33. The Labute approximate surface area is 93.7 Å². The molecular weight excluding hydrogens is 190 g/mol. The van der Waals surface area contributed by atoms with E-state index in [1.54, 1.807) is 14.2 Å². The van der Waals surface area contributed by atoms with E-state index in [1.165, 1.54) is 38.6 Å². The number of hydrogen-bond donors (Lipinski definition) is 0. The van der Waals surface area contributed by atoms with Crippen LogP contribution in [0, 0.1) is 5.92 Å². The highest BCUT2D eigenvalue weighted by molar-refractivity contribution is 4.69. The number of hydrogen-bond acceptors (Lipinski definition) is 3. The van der Waals surface area contributed by atoms with Crippen LogP contribution in [0.1, 0.15) is 32.1 Å². The Morgan fingerprint density at radius 3 is 2.27 bits per heavy atom. The molecule has 90 valence electrons. The molecule has 0 heterocycles. The van der Waals surface area contributed by atoms with E-state index in [-0.39, 0.29) is 6.29 Å². The molecule has 1 rings (SSSR count). The van der Waals surface area contributed by atoms with Crippen molar-refractivity contribution in [3.05, 3.63) is 0 Å². The highest BCUT2D eigenvalue weighted by atomic mass is 16.7. The average molecular weight is 215 g/mol. The highest BCUT2D eigenvalue weighted by Crippen LogP contribution is 2.24. The maximum Gasteiger partial charge on any atom is 0.169 e. The molecule has 3 nitrogen and oxygen atoms in total. The Balaban J connectivity index is 2.18. The van der Waals surface area contributed by atoms with Gasteiger partial charge in [-0.15, -0.1) is 0 Å². The second-order valence-electron chi connectivity index (χ2n) is 4.63. The largest absolute Gasteiger partial charge is 0.355 e. The van der Waals surface area contributed by atoms with E-state index in [4.69, 9.17) is 9.47 Å². The van der Waals surface area contributed by atoms with Crippen LogP contribution in [0.2, 0.25) is 0 Å². The van der Waals surface area contributed by atoms with Gasteiger partial charge in [-0.1, -0.05) is 19.3 Å². The van der Waals surface area contributed by atoms with Gasteiger partial charge < -0.3 is 14.4 Å². The second-order valence-corrected chi connectivity index (χ2v) is 4.63. The van der Waals surface area contributed by atoms with E-state index >= 15 is 0 Å². The number of rotatable bonds is 6. The van der Waals surface area contributed by atoms with Gasteiger partial charge in [-0.2, -0.15) is 0 Å². The van der Waals surface area contributed by atoms with Crippen LogP contribution in [-0.4, -0.2) is 45.5 Å². The minimum absolute atomic E-state index is 0.0846. The molecule has 1 aliphatic carbocycles. The normalized spacial score (nSPS) is 19.0. The van der Waals surface area contributed by atoms with Crippen LogP contribution in [0.15, 0.2) is 0 Å². The third-order valence-electron chi connectivity index (χ3n) is 3.28. The number of methoxy groups -OCH3 is 2. The predicted octanol–water partition coefficient (Wildman–Crippen LogP) is 2.12. The second kappa shape index (κ2) is 7.20. The van der Waals surface area contributed by atoms with Gasteiger partial charge in [0.1, 0.15) is 0 Å². The van der Waals surface area contributed by atoms with E-state index < -0.39 is 0 Å². The quantitative estimate of drug-likeness (QED) is 0.633. The van der Waals surface area contributed by atoms with Gasteiger partial charge in [0.2, 0.25) is 0 Å². The Bertz CT molecular complexity index is 154. The molecule has 1 aliphatic rings. The van der Waals surface area contributed by atoms with E-state index in [9.17, 15) is 0 Å². The number of likely N-dealkylation sites (N-methyl/N-ethyl adjacent to an activating group) is 1. The molecule has 0 bridgehead atoms. The van der Waals surface area contributed by atoms with E-state index in [0.717, 1.165) is 12.5 Å². The van der Waals surface area contributed by atoms with E-state index in [2.05, 4.69) is 11.9 Å². The van der Waals surface area contributed by atoms with Crippen molar-refractivity contribution in [1.29, 1.82) is 0 Å². The van der Waals surface area contributed by atoms with Crippen molar-refractivity contribution in [2.24, 2.45) is 5.92 Å². The highest BCUT2D eigenvalue weighted by Gasteiger charge is 2.17. The molecule has 15 heavy (non-hydrogen) atoms. The van der Waals surface area contributed by atoms with Crippen molar-refractivity contribution in [2.45, 2.75) is 38.4 Å². The lowest BCUT2D eigenvalue weighted by atomic mass is 9.89. The van der Waals surface area contributed by atoms with Gasteiger partial charge in [0, 0.05) is 27.3 Å². The first kappa shape index (κ1) is 12.9. The van der Waals surface area contributed by atoms with Gasteiger partial charge in [-0.05, 0) is 25.8 Å². The molecule has 0 amide bonds. The molecule has 3 heteroatoms. The number of nitrogens with zero attached hydrogens (tertiary/aromatic N) is 1. The molecule has 0 aromatic carbocycles. The van der Waals surface area contributed by atoms with Gasteiger partial charge in [-0.3, -0.25) is 0 Å². The molecule has 0 saturated heterocycles. The summed E-state index contributed by atoms with van der Waals surface area (Å²) in [6.07, 6.45) is 6.97. The summed E-state index contributed by atoms with van der Waals surface area (Å²) < 4.78 is 10.4. The van der Waals surface area contributed by atoms with Crippen LogP contribution in [-0.2, 0) is 9.47 Å². The molecule has 0 aromatic heterocycles. The molecule has 0 aliphatic heterocycles. The molecule has 0 aromatic rings. The minimum Gasteiger partial charge on any atom is -0.355 e. The summed E-state index contributed by atoms with van der Waals surface area (Å²) in [5, 5.41) is 0. The van der Waals surface area contributed by atoms with Crippen molar-refractivity contribution in [1.82, 2.24) is 4.90 Å². The van der Waals surface area contributed by atoms with Gasteiger partial charge in [-0.25, -0.2) is 0 Å². The molecular formula is C12H25NO2. The zero-order valence-corrected chi connectivity index (χ0v) is 10.4. The molecule has 0 radical (unpaired) electrons. The van der Waals surface area contributed by atoms with Gasteiger partial charge in [0.15, 0.2) is 6.29 Å².